The molecule has 0 spiro atoms. The molecule has 4 aromatic carbocycles. The maximum Gasteiger partial charge on any atom is 0.269 e. The summed E-state index contributed by atoms with van der Waals surface area (Å²) in [5.41, 5.74) is 7.55. The molecule has 0 bridgehead atoms. The van der Waals surface area contributed by atoms with Gasteiger partial charge in [-0.25, -0.2) is 0 Å². The summed E-state index contributed by atoms with van der Waals surface area (Å²) in [6.45, 7) is 2.34. The van der Waals surface area contributed by atoms with Gasteiger partial charge in [-0.3, -0.25) is 15.1 Å². The van der Waals surface area contributed by atoms with E-state index >= 15 is 0 Å². The number of fused-ring (bicyclic) bond motifs is 3. The maximum atomic E-state index is 10.9. The summed E-state index contributed by atoms with van der Waals surface area (Å²) in [6, 6.07) is 25.1. The van der Waals surface area contributed by atoms with Crippen LogP contribution in [0.5, 0.6) is 11.5 Å². The van der Waals surface area contributed by atoms with Gasteiger partial charge in [-0.05, 0) is 84.0 Å². The number of halogens is 1. The Morgan fingerprint density at radius 2 is 1.86 bits per heavy atom. The Labute approximate surface area is 249 Å². The number of non-ortho nitro benzene ring substituents is 1. The Kier molecular flexibility index (Phi) is 7.68. The molecule has 212 valence electrons. The van der Waals surface area contributed by atoms with Gasteiger partial charge in [0, 0.05) is 30.0 Å². The zero-order valence-electron chi connectivity index (χ0n) is 23.3. The van der Waals surface area contributed by atoms with Crippen molar-refractivity contribution in [2.75, 3.05) is 12.4 Å². The van der Waals surface area contributed by atoms with Gasteiger partial charge in [0.25, 0.3) is 5.69 Å². The fourth-order valence-electron chi connectivity index (χ4n) is 5.78. The number of anilines is 1. The quantitative estimate of drug-likeness (QED) is 0.0976. The number of allylic oxidation sites excluding steroid dienone is 2. The van der Waals surface area contributed by atoms with Crippen LogP contribution < -0.4 is 14.8 Å². The second-order valence-electron chi connectivity index (χ2n) is 10.7. The van der Waals surface area contributed by atoms with E-state index in [9.17, 15) is 10.1 Å². The van der Waals surface area contributed by atoms with Gasteiger partial charge >= 0.3 is 0 Å². The third-order valence-electron chi connectivity index (χ3n) is 7.92. The van der Waals surface area contributed by atoms with E-state index < -0.39 is 4.92 Å². The first kappa shape index (κ1) is 27.5. The van der Waals surface area contributed by atoms with E-state index in [4.69, 9.17) is 21.1 Å². The van der Waals surface area contributed by atoms with Crippen LogP contribution >= 0.6 is 11.6 Å². The van der Waals surface area contributed by atoms with E-state index in [1.807, 2.05) is 18.2 Å². The van der Waals surface area contributed by atoms with Crippen molar-refractivity contribution in [3.63, 3.8) is 0 Å². The lowest BCUT2D eigenvalue weighted by molar-refractivity contribution is -0.384. The molecule has 6 rings (SSSR count). The van der Waals surface area contributed by atoms with Crippen molar-refractivity contribution in [1.29, 1.82) is 0 Å². The smallest absolute Gasteiger partial charge is 0.269 e. The van der Waals surface area contributed by atoms with Crippen LogP contribution in [0.2, 0.25) is 5.02 Å². The minimum Gasteiger partial charge on any atom is -0.493 e. The standard InChI is InChI=1S/C34H30ClN3O4/c1-21-6-15-31-29(16-21)27-4-3-5-28(27)33(37-31)24-9-11-25(12-10-24)36-19-23-17-30(35)34(32(18-23)41-2)42-20-22-7-13-26(14-8-22)38(39)40/h3-4,6-19,27-28,33,37H,5,20H2,1-2H3/t27-,28+,33-/m0/s1. The normalized spacial score (nSPS) is 18.8. The maximum absolute atomic E-state index is 10.9. The third kappa shape index (κ3) is 5.60. The number of hydrogen-bond acceptors (Lipinski definition) is 6. The number of nitro benzene ring substituents is 1. The van der Waals surface area contributed by atoms with Crippen LogP contribution in [0.4, 0.5) is 17.1 Å². The number of nitro groups is 1. The number of methoxy groups -OCH3 is 1. The highest BCUT2D eigenvalue weighted by molar-refractivity contribution is 6.32. The summed E-state index contributed by atoms with van der Waals surface area (Å²) in [7, 11) is 1.55. The predicted molar refractivity (Wildman–Crippen MR) is 167 cm³/mol. The van der Waals surface area contributed by atoms with Crippen LogP contribution in [0, 0.1) is 23.0 Å². The van der Waals surface area contributed by atoms with Crippen molar-refractivity contribution in [1.82, 2.24) is 0 Å². The number of ether oxygens (including phenoxy) is 2. The Morgan fingerprint density at radius 1 is 1.07 bits per heavy atom. The van der Waals surface area contributed by atoms with Crippen LogP contribution in [-0.2, 0) is 6.61 Å². The number of hydrogen-bond donors (Lipinski definition) is 1. The topological polar surface area (TPSA) is 86.0 Å². The van der Waals surface area contributed by atoms with Crippen molar-refractivity contribution in [3.05, 3.63) is 134 Å². The largest absolute Gasteiger partial charge is 0.493 e. The van der Waals surface area contributed by atoms with Crippen molar-refractivity contribution in [3.8, 4) is 11.5 Å². The van der Waals surface area contributed by atoms with Crippen LogP contribution in [-0.4, -0.2) is 18.2 Å². The molecule has 1 aliphatic heterocycles. The average Bonchev–Trinajstić information content (AvgIpc) is 3.50. The first-order valence-electron chi connectivity index (χ1n) is 13.8. The van der Waals surface area contributed by atoms with Gasteiger partial charge < -0.3 is 14.8 Å². The summed E-state index contributed by atoms with van der Waals surface area (Å²) >= 11 is 6.56. The molecule has 42 heavy (non-hydrogen) atoms. The van der Waals surface area contributed by atoms with Gasteiger partial charge in [-0.2, -0.15) is 0 Å². The molecular formula is C34H30ClN3O4. The zero-order chi connectivity index (χ0) is 29.2. The average molecular weight is 580 g/mol. The molecule has 0 saturated heterocycles. The molecule has 0 radical (unpaired) electrons. The predicted octanol–water partition coefficient (Wildman–Crippen LogP) is 8.72. The van der Waals surface area contributed by atoms with E-state index in [1.165, 1.54) is 34.5 Å². The van der Waals surface area contributed by atoms with E-state index in [0.717, 1.165) is 23.2 Å². The zero-order valence-corrected chi connectivity index (χ0v) is 24.0. The van der Waals surface area contributed by atoms with Gasteiger partial charge in [-0.15, -0.1) is 0 Å². The molecule has 1 heterocycles. The highest BCUT2D eigenvalue weighted by Crippen LogP contribution is 2.50. The van der Waals surface area contributed by atoms with Gasteiger partial charge in [0.15, 0.2) is 11.5 Å². The molecule has 1 aliphatic carbocycles. The van der Waals surface area contributed by atoms with Crippen LogP contribution in [0.3, 0.4) is 0 Å². The van der Waals surface area contributed by atoms with Crippen LogP contribution in [0.15, 0.2) is 96.0 Å². The van der Waals surface area contributed by atoms with Crippen molar-refractivity contribution >= 4 is 34.9 Å². The molecule has 1 N–H and O–H groups in total. The van der Waals surface area contributed by atoms with E-state index in [2.05, 4.69) is 59.7 Å². The van der Waals surface area contributed by atoms with E-state index in [0.29, 0.717) is 28.4 Å². The number of aliphatic imine (C=N–C) groups is 1. The lowest BCUT2D eigenvalue weighted by Crippen LogP contribution is -2.29. The summed E-state index contributed by atoms with van der Waals surface area (Å²) in [5, 5.41) is 15.1. The van der Waals surface area contributed by atoms with Gasteiger partial charge in [0.05, 0.1) is 28.8 Å². The molecule has 0 saturated carbocycles. The van der Waals surface area contributed by atoms with Crippen molar-refractivity contribution < 1.29 is 14.4 Å². The fraction of sp³-hybridized carbons (Fsp3) is 0.206. The number of aryl methyl sites for hydroxylation is 1. The highest BCUT2D eigenvalue weighted by Gasteiger charge is 2.37. The molecule has 0 amide bonds. The van der Waals surface area contributed by atoms with Crippen molar-refractivity contribution in [2.45, 2.75) is 31.9 Å². The molecular weight excluding hydrogens is 550 g/mol. The van der Waals surface area contributed by atoms with E-state index in [-0.39, 0.29) is 18.3 Å². The number of rotatable bonds is 8. The lowest BCUT2D eigenvalue weighted by Gasteiger charge is -2.37. The second kappa shape index (κ2) is 11.7. The Balaban J connectivity index is 1.15. The molecule has 2 aliphatic rings. The third-order valence-corrected chi connectivity index (χ3v) is 8.20. The SMILES string of the molecule is COc1cc(C=Nc2ccc([C@@H]3Nc4ccc(C)cc4[C@H]4C=CC[C@H]43)cc2)cc(Cl)c1OCc1ccc([N+](=O)[O-])cc1. The Morgan fingerprint density at radius 3 is 2.60 bits per heavy atom. The monoisotopic (exact) mass is 579 g/mol. The Hall–Kier alpha value is -4.62. The molecule has 0 aromatic heterocycles. The number of nitrogens with one attached hydrogen (secondary N) is 1. The summed E-state index contributed by atoms with van der Waals surface area (Å²) in [5.74, 6) is 1.80. The van der Waals surface area contributed by atoms with E-state index in [1.54, 1.807) is 31.5 Å². The van der Waals surface area contributed by atoms with Crippen LogP contribution in [0.1, 0.15) is 46.2 Å². The fourth-order valence-corrected chi connectivity index (χ4v) is 6.06. The molecule has 7 nitrogen and oxygen atoms in total. The van der Waals surface area contributed by atoms with Gasteiger partial charge in [0.1, 0.15) is 6.61 Å². The van der Waals surface area contributed by atoms with Crippen molar-refractivity contribution in [2.24, 2.45) is 10.9 Å². The molecule has 3 atom stereocenters. The molecule has 8 heteroatoms. The molecule has 0 unspecified atom stereocenters. The second-order valence-corrected chi connectivity index (χ2v) is 11.1. The highest BCUT2D eigenvalue weighted by atomic mass is 35.5. The first-order chi connectivity index (χ1) is 20.4. The summed E-state index contributed by atoms with van der Waals surface area (Å²) in [6.07, 6.45) is 7.48. The molecule has 0 fully saturated rings. The van der Waals surface area contributed by atoms with Crippen LogP contribution in [0.25, 0.3) is 0 Å². The minimum atomic E-state index is -0.435. The van der Waals surface area contributed by atoms with Gasteiger partial charge in [0.2, 0.25) is 0 Å². The Bertz CT molecular complexity index is 1680. The van der Waals surface area contributed by atoms with Gasteiger partial charge in [-0.1, -0.05) is 53.6 Å². The number of benzene rings is 4. The lowest BCUT2D eigenvalue weighted by atomic mass is 9.76. The first-order valence-corrected chi connectivity index (χ1v) is 14.2. The summed E-state index contributed by atoms with van der Waals surface area (Å²) in [4.78, 5) is 15.1. The molecule has 4 aromatic rings. The summed E-state index contributed by atoms with van der Waals surface area (Å²) < 4.78 is 11.4. The number of nitrogens with zero attached hydrogens (tertiary/aromatic N) is 2. The minimum absolute atomic E-state index is 0.0267.